The number of para-hydroxylation sites is 2. The van der Waals surface area contributed by atoms with Crippen molar-refractivity contribution in [3.05, 3.63) is 65.4 Å². The molecule has 0 saturated carbocycles. The standard InChI is InChI=1S/C26H24N8O3S/c1-35-19-10-15(11-20(36-2)23(19)37-3)29-26-32-24(27-12-21-30-17-6-4-5-7-18(17)31-21)22-25(33-26)34(14-28-22)16-8-9-38-13-16/h4-11,13-14H,12H2,1-3H3,(H,30,31)(H2,27,29,32,33). The van der Waals surface area contributed by atoms with Crippen molar-refractivity contribution in [3.8, 4) is 22.9 Å². The third-order valence-corrected chi connectivity index (χ3v) is 6.63. The fraction of sp³-hybridized carbons (Fsp3) is 0.154. The minimum Gasteiger partial charge on any atom is -0.493 e. The van der Waals surface area contributed by atoms with Gasteiger partial charge in [0.15, 0.2) is 28.5 Å². The minimum absolute atomic E-state index is 0.371. The van der Waals surface area contributed by atoms with Crippen LogP contribution in [0.3, 0.4) is 0 Å². The van der Waals surface area contributed by atoms with E-state index < -0.39 is 0 Å². The molecule has 0 aliphatic rings. The second-order valence-electron chi connectivity index (χ2n) is 8.26. The number of aromatic amines is 1. The molecule has 0 saturated heterocycles. The molecule has 3 N–H and O–H groups in total. The lowest BCUT2D eigenvalue weighted by atomic mass is 10.2. The number of methoxy groups -OCH3 is 3. The summed E-state index contributed by atoms with van der Waals surface area (Å²) in [6.45, 7) is 0.426. The maximum atomic E-state index is 5.50. The van der Waals surface area contributed by atoms with Crippen LogP contribution in [0.4, 0.5) is 17.5 Å². The number of H-pyrrole nitrogens is 1. The predicted octanol–water partition coefficient (Wildman–Crippen LogP) is 5.13. The quantitative estimate of drug-likeness (QED) is 0.234. The largest absolute Gasteiger partial charge is 0.493 e. The van der Waals surface area contributed by atoms with Crippen LogP contribution >= 0.6 is 11.3 Å². The first-order valence-corrected chi connectivity index (χ1v) is 12.6. The van der Waals surface area contributed by atoms with E-state index in [9.17, 15) is 0 Å². The van der Waals surface area contributed by atoms with Crippen molar-refractivity contribution in [2.24, 2.45) is 0 Å². The van der Waals surface area contributed by atoms with Gasteiger partial charge in [-0.25, -0.2) is 9.97 Å². The predicted molar refractivity (Wildman–Crippen MR) is 147 cm³/mol. The molecule has 2 aromatic carbocycles. The number of nitrogens with zero attached hydrogens (tertiary/aromatic N) is 5. The average molecular weight is 529 g/mol. The summed E-state index contributed by atoms with van der Waals surface area (Å²) in [7, 11) is 4.71. The molecule has 11 nitrogen and oxygen atoms in total. The highest BCUT2D eigenvalue weighted by molar-refractivity contribution is 7.08. The minimum atomic E-state index is 0.371. The van der Waals surface area contributed by atoms with Gasteiger partial charge in [-0.1, -0.05) is 12.1 Å². The Bertz CT molecular complexity index is 1670. The molecule has 0 radical (unpaired) electrons. The maximum absolute atomic E-state index is 5.50. The second kappa shape index (κ2) is 9.90. The van der Waals surface area contributed by atoms with Gasteiger partial charge in [0.25, 0.3) is 0 Å². The lowest BCUT2D eigenvalue weighted by Gasteiger charge is -2.15. The van der Waals surface area contributed by atoms with E-state index in [1.54, 1.807) is 51.1 Å². The molecule has 6 aromatic rings. The molecule has 192 valence electrons. The number of nitrogens with one attached hydrogen (secondary N) is 3. The Morgan fingerprint density at radius 3 is 2.50 bits per heavy atom. The molecule has 0 spiro atoms. The molecule has 0 amide bonds. The summed E-state index contributed by atoms with van der Waals surface area (Å²) in [5.41, 5.74) is 4.82. The Hall–Kier alpha value is -4.84. The van der Waals surface area contributed by atoms with Gasteiger partial charge < -0.3 is 29.8 Å². The van der Waals surface area contributed by atoms with Crippen molar-refractivity contribution < 1.29 is 14.2 Å². The Morgan fingerprint density at radius 2 is 1.79 bits per heavy atom. The van der Waals surface area contributed by atoms with Crippen molar-refractivity contribution in [1.82, 2.24) is 29.5 Å². The molecule has 4 aromatic heterocycles. The fourth-order valence-corrected chi connectivity index (χ4v) is 4.83. The normalized spacial score (nSPS) is 11.1. The Morgan fingerprint density at radius 1 is 0.974 bits per heavy atom. The smallest absolute Gasteiger partial charge is 0.231 e. The molecule has 0 aliphatic heterocycles. The monoisotopic (exact) mass is 528 g/mol. The third-order valence-electron chi connectivity index (χ3n) is 5.96. The second-order valence-corrected chi connectivity index (χ2v) is 9.04. The molecule has 0 unspecified atom stereocenters. The number of hydrogen-bond acceptors (Lipinski definition) is 10. The number of benzene rings is 2. The highest BCUT2D eigenvalue weighted by Crippen LogP contribution is 2.40. The zero-order valence-electron chi connectivity index (χ0n) is 20.8. The van der Waals surface area contributed by atoms with Gasteiger partial charge in [0, 0.05) is 23.2 Å². The highest BCUT2D eigenvalue weighted by atomic mass is 32.1. The van der Waals surface area contributed by atoms with E-state index in [4.69, 9.17) is 24.2 Å². The Labute approximate surface area is 221 Å². The van der Waals surface area contributed by atoms with Gasteiger partial charge in [-0.05, 0) is 23.6 Å². The highest BCUT2D eigenvalue weighted by Gasteiger charge is 2.18. The van der Waals surface area contributed by atoms with Crippen LogP contribution in [-0.4, -0.2) is 50.8 Å². The van der Waals surface area contributed by atoms with Crippen LogP contribution in [0.5, 0.6) is 17.2 Å². The summed E-state index contributed by atoms with van der Waals surface area (Å²) in [5, 5.41) is 10.7. The molecule has 0 atom stereocenters. The number of thiophene rings is 1. The van der Waals surface area contributed by atoms with E-state index >= 15 is 0 Å². The van der Waals surface area contributed by atoms with Crippen molar-refractivity contribution in [3.63, 3.8) is 0 Å². The molecule has 0 bridgehead atoms. The molecule has 0 aliphatic carbocycles. The number of hydrogen-bond donors (Lipinski definition) is 3. The van der Waals surface area contributed by atoms with Gasteiger partial charge in [-0.2, -0.15) is 21.3 Å². The molecule has 4 heterocycles. The molecule has 0 fully saturated rings. The van der Waals surface area contributed by atoms with Crippen molar-refractivity contribution in [2.75, 3.05) is 32.0 Å². The van der Waals surface area contributed by atoms with Gasteiger partial charge in [0.05, 0.1) is 44.6 Å². The zero-order chi connectivity index (χ0) is 26.1. The first-order valence-electron chi connectivity index (χ1n) is 11.7. The van der Waals surface area contributed by atoms with Gasteiger partial charge in [-0.3, -0.25) is 4.57 Å². The van der Waals surface area contributed by atoms with E-state index in [2.05, 4.69) is 25.6 Å². The molecule has 12 heteroatoms. The van der Waals surface area contributed by atoms with E-state index in [-0.39, 0.29) is 0 Å². The average Bonchev–Trinajstić information content (AvgIpc) is 3.70. The van der Waals surface area contributed by atoms with Crippen LogP contribution in [0.15, 0.2) is 59.6 Å². The lowest BCUT2D eigenvalue weighted by Crippen LogP contribution is -2.07. The fourth-order valence-electron chi connectivity index (χ4n) is 4.20. The van der Waals surface area contributed by atoms with Gasteiger partial charge in [0.1, 0.15) is 12.2 Å². The first kappa shape index (κ1) is 23.6. The summed E-state index contributed by atoms with van der Waals surface area (Å²) in [4.78, 5) is 22.2. The van der Waals surface area contributed by atoms with Crippen LogP contribution in [-0.2, 0) is 6.54 Å². The molecular weight excluding hydrogens is 504 g/mol. The number of ether oxygens (including phenoxy) is 3. The van der Waals surface area contributed by atoms with Gasteiger partial charge >= 0.3 is 0 Å². The van der Waals surface area contributed by atoms with Crippen molar-refractivity contribution >= 4 is 51.0 Å². The maximum Gasteiger partial charge on any atom is 0.231 e. The number of fused-ring (bicyclic) bond motifs is 2. The van der Waals surface area contributed by atoms with Crippen LogP contribution in [0.1, 0.15) is 5.82 Å². The summed E-state index contributed by atoms with van der Waals surface area (Å²) in [6, 6.07) is 13.5. The molecule has 6 rings (SSSR count). The van der Waals surface area contributed by atoms with Crippen molar-refractivity contribution in [1.29, 1.82) is 0 Å². The van der Waals surface area contributed by atoms with Crippen LogP contribution in [0, 0.1) is 0 Å². The SMILES string of the molecule is COc1cc(Nc2nc(NCc3nc4ccccc4[nH]3)c3ncn(-c4ccsc4)c3n2)cc(OC)c1OC. The van der Waals surface area contributed by atoms with Crippen LogP contribution < -0.4 is 24.8 Å². The first-order chi connectivity index (χ1) is 18.7. The zero-order valence-corrected chi connectivity index (χ0v) is 21.7. The lowest BCUT2D eigenvalue weighted by molar-refractivity contribution is 0.324. The molecular formula is C26H24N8O3S. The summed E-state index contributed by atoms with van der Waals surface area (Å²) >= 11 is 1.60. The van der Waals surface area contributed by atoms with E-state index in [1.165, 1.54) is 0 Å². The van der Waals surface area contributed by atoms with Crippen LogP contribution in [0.2, 0.25) is 0 Å². The van der Waals surface area contributed by atoms with Gasteiger partial charge in [0.2, 0.25) is 11.7 Å². The third kappa shape index (κ3) is 4.30. The van der Waals surface area contributed by atoms with E-state index in [0.717, 1.165) is 22.5 Å². The van der Waals surface area contributed by atoms with Gasteiger partial charge in [-0.15, -0.1) is 0 Å². The summed E-state index contributed by atoms with van der Waals surface area (Å²) in [5.74, 6) is 3.26. The van der Waals surface area contributed by atoms with E-state index in [0.29, 0.717) is 52.4 Å². The van der Waals surface area contributed by atoms with Crippen LogP contribution in [0.25, 0.3) is 27.9 Å². The Balaban J connectivity index is 1.39. The topological polar surface area (TPSA) is 124 Å². The Kier molecular flexibility index (Phi) is 6.14. The number of aromatic nitrogens is 6. The van der Waals surface area contributed by atoms with E-state index in [1.807, 2.05) is 45.7 Å². The number of anilines is 3. The summed E-state index contributed by atoms with van der Waals surface area (Å²) < 4.78 is 18.4. The number of imidazole rings is 2. The van der Waals surface area contributed by atoms with Crippen molar-refractivity contribution in [2.45, 2.75) is 6.54 Å². The molecule has 38 heavy (non-hydrogen) atoms. The summed E-state index contributed by atoms with van der Waals surface area (Å²) in [6.07, 6.45) is 1.75. The number of rotatable bonds is 9.